The van der Waals surface area contributed by atoms with Crippen LogP contribution >= 0.6 is 11.3 Å². The highest BCUT2D eigenvalue weighted by molar-refractivity contribution is 7.09. The van der Waals surface area contributed by atoms with E-state index in [2.05, 4.69) is 33.1 Å². The topological polar surface area (TPSA) is 110 Å². The Hall–Kier alpha value is -3.30. The van der Waals surface area contributed by atoms with Gasteiger partial charge in [-0.2, -0.15) is 0 Å². The molecule has 0 saturated heterocycles. The molecule has 4 aromatic rings. The van der Waals surface area contributed by atoms with E-state index in [4.69, 9.17) is 15.7 Å². The normalized spacial score (nSPS) is 13.7. The first-order valence-electron chi connectivity index (χ1n) is 10.3. The van der Waals surface area contributed by atoms with Crippen molar-refractivity contribution >= 4 is 28.7 Å². The molecule has 0 aliphatic carbocycles. The number of amides is 1. The van der Waals surface area contributed by atoms with Gasteiger partial charge in [0.2, 0.25) is 0 Å². The third-order valence-corrected chi connectivity index (χ3v) is 6.35. The molecule has 31 heavy (non-hydrogen) atoms. The Bertz CT molecular complexity index is 1260. The van der Waals surface area contributed by atoms with Crippen molar-refractivity contribution in [2.75, 3.05) is 11.9 Å². The summed E-state index contributed by atoms with van der Waals surface area (Å²) in [6.45, 7) is 4.26. The fourth-order valence-corrected chi connectivity index (χ4v) is 4.66. The number of aryl methyl sites for hydroxylation is 1. The van der Waals surface area contributed by atoms with Crippen molar-refractivity contribution in [1.82, 2.24) is 24.7 Å². The Labute approximate surface area is 183 Å². The predicted molar refractivity (Wildman–Crippen MR) is 121 cm³/mol. The monoisotopic (exact) mass is 433 g/mol. The van der Waals surface area contributed by atoms with Gasteiger partial charge in [-0.05, 0) is 49.9 Å². The average molecular weight is 434 g/mol. The lowest BCUT2D eigenvalue weighted by atomic mass is 10.1. The second kappa shape index (κ2) is 8.09. The summed E-state index contributed by atoms with van der Waals surface area (Å²) in [6, 6.07) is 7.64. The number of nitrogens with zero attached hydrogens (tertiary/aromatic N) is 4. The first kappa shape index (κ1) is 19.7. The van der Waals surface area contributed by atoms with E-state index in [1.165, 1.54) is 4.88 Å². The quantitative estimate of drug-likeness (QED) is 0.446. The fourth-order valence-electron chi connectivity index (χ4n) is 4.02. The lowest BCUT2D eigenvalue weighted by Crippen LogP contribution is -2.15. The van der Waals surface area contributed by atoms with Crippen LogP contribution in [0.1, 0.15) is 38.6 Å². The van der Waals surface area contributed by atoms with Crippen LogP contribution in [0.5, 0.6) is 0 Å². The molecule has 4 N–H and O–H groups in total. The molecular weight excluding hydrogens is 410 g/mol. The van der Waals surface area contributed by atoms with Gasteiger partial charge in [-0.1, -0.05) is 6.07 Å². The molecule has 5 rings (SSSR count). The Balaban J connectivity index is 1.65. The van der Waals surface area contributed by atoms with E-state index in [1.807, 2.05) is 17.5 Å². The van der Waals surface area contributed by atoms with Gasteiger partial charge in [0.05, 0.1) is 23.5 Å². The number of imidazole rings is 1. The number of thiophene rings is 1. The minimum absolute atomic E-state index is 0.379. The number of rotatable bonds is 5. The summed E-state index contributed by atoms with van der Waals surface area (Å²) in [4.78, 5) is 27.6. The molecule has 5 heterocycles. The third-order valence-electron chi connectivity index (χ3n) is 5.48. The molecule has 0 radical (unpaired) electrons. The average Bonchev–Trinajstić information content (AvgIpc) is 3.32. The summed E-state index contributed by atoms with van der Waals surface area (Å²) < 4.78 is 1.85. The number of carbonyl (C=O) groups excluding carboxylic acids is 1. The summed E-state index contributed by atoms with van der Waals surface area (Å²) >= 11 is 1.72. The standard InChI is InChI=1S/C22H23N7OS/c1-13-18(29-9-3-7-16(19(23)30)22(29)26-13)21-27-17-12-24-8-2-6-15(17)20(28-21)25-11-14-5-4-10-31-14/h3-5,7,9-10,24H,2,6,8,11-12H2,1H3,(H2,23,30)(H,25,27,28). The minimum atomic E-state index is -0.507. The maximum atomic E-state index is 11.9. The van der Waals surface area contributed by atoms with E-state index in [0.29, 0.717) is 30.1 Å². The van der Waals surface area contributed by atoms with Crippen LogP contribution in [0.25, 0.3) is 17.2 Å². The molecule has 9 heteroatoms. The first-order chi connectivity index (χ1) is 15.1. The Kier molecular flexibility index (Phi) is 5.13. The van der Waals surface area contributed by atoms with E-state index in [-0.39, 0.29) is 0 Å². The highest BCUT2D eigenvalue weighted by atomic mass is 32.1. The van der Waals surface area contributed by atoms with Crippen LogP contribution in [0, 0.1) is 6.92 Å². The highest BCUT2D eigenvalue weighted by Gasteiger charge is 2.22. The van der Waals surface area contributed by atoms with Crippen LogP contribution in [0.15, 0.2) is 35.8 Å². The fraction of sp³-hybridized carbons (Fsp3) is 0.273. The first-order valence-corrected chi connectivity index (χ1v) is 11.1. The molecule has 1 aliphatic rings. The molecular formula is C22H23N7OS. The van der Waals surface area contributed by atoms with Crippen molar-refractivity contribution < 1.29 is 4.79 Å². The number of carbonyl (C=O) groups is 1. The SMILES string of the molecule is Cc1nc2c(C(N)=O)cccn2c1-c1nc2c(c(NCc3cccs3)n1)CCCNC2. The summed E-state index contributed by atoms with van der Waals surface area (Å²) in [5.74, 6) is 0.938. The van der Waals surface area contributed by atoms with Crippen molar-refractivity contribution in [3.05, 3.63) is 63.2 Å². The predicted octanol–water partition coefficient (Wildman–Crippen LogP) is 2.91. The van der Waals surface area contributed by atoms with Crippen LogP contribution < -0.4 is 16.4 Å². The number of fused-ring (bicyclic) bond motifs is 2. The zero-order chi connectivity index (χ0) is 21.4. The van der Waals surface area contributed by atoms with E-state index < -0.39 is 5.91 Å². The van der Waals surface area contributed by atoms with Crippen molar-refractivity contribution in [1.29, 1.82) is 0 Å². The number of aromatic nitrogens is 4. The number of primary amides is 1. The van der Waals surface area contributed by atoms with Crippen LogP contribution in [0.2, 0.25) is 0 Å². The summed E-state index contributed by atoms with van der Waals surface area (Å²) in [7, 11) is 0. The van der Waals surface area contributed by atoms with E-state index in [9.17, 15) is 4.79 Å². The summed E-state index contributed by atoms with van der Waals surface area (Å²) in [5.41, 5.74) is 10.1. The van der Waals surface area contributed by atoms with Gasteiger partial charge in [-0.15, -0.1) is 11.3 Å². The zero-order valence-electron chi connectivity index (χ0n) is 17.2. The molecule has 8 nitrogen and oxygen atoms in total. The molecule has 0 unspecified atom stereocenters. The molecule has 0 saturated carbocycles. The smallest absolute Gasteiger partial charge is 0.252 e. The second-order valence-corrected chi connectivity index (χ2v) is 8.59. The number of nitrogens with one attached hydrogen (secondary N) is 2. The largest absolute Gasteiger partial charge is 0.365 e. The zero-order valence-corrected chi connectivity index (χ0v) is 18.0. The number of pyridine rings is 1. The number of anilines is 1. The maximum absolute atomic E-state index is 11.9. The van der Waals surface area contributed by atoms with Crippen molar-refractivity contribution in [3.8, 4) is 11.5 Å². The van der Waals surface area contributed by atoms with Gasteiger partial charge in [-0.3, -0.25) is 9.20 Å². The molecule has 0 bridgehead atoms. The maximum Gasteiger partial charge on any atom is 0.252 e. The van der Waals surface area contributed by atoms with Crippen LogP contribution in [-0.4, -0.2) is 31.8 Å². The molecule has 0 fully saturated rings. The number of hydrogen-bond donors (Lipinski definition) is 3. The number of nitrogens with two attached hydrogens (primary N) is 1. The van der Waals surface area contributed by atoms with Crippen LogP contribution in [0.3, 0.4) is 0 Å². The van der Waals surface area contributed by atoms with Crippen molar-refractivity contribution in [3.63, 3.8) is 0 Å². The molecule has 158 valence electrons. The van der Waals surface area contributed by atoms with Crippen molar-refractivity contribution in [2.24, 2.45) is 5.73 Å². The number of hydrogen-bond acceptors (Lipinski definition) is 7. The molecule has 4 aromatic heterocycles. The molecule has 1 amide bonds. The van der Waals surface area contributed by atoms with E-state index in [0.717, 1.165) is 47.8 Å². The molecule has 0 atom stereocenters. The van der Waals surface area contributed by atoms with E-state index in [1.54, 1.807) is 23.5 Å². The minimum Gasteiger partial charge on any atom is -0.365 e. The van der Waals surface area contributed by atoms with Gasteiger partial charge >= 0.3 is 0 Å². The van der Waals surface area contributed by atoms with Crippen LogP contribution in [0.4, 0.5) is 5.82 Å². The van der Waals surface area contributed by atoms with Gasteiger partial charge in [0, 0.05) is 23.2 Å². The van der Waals surface area contributed by atoms with Gasteiger partial charge in [0.25, 0.3) is 5.91 Å². The Morgan fingerprint density at radius 1 is 1.29 bits per heavy atom. The summed E-state index contributed by atoms with van der Waals surface area (Å²) in [5, 5.41) is 9.05. The van der Waals surface area contributed by atoms with Gasteiger partial charge in [0.1, 0.15) is 17.2 Å². The lowest BCUT2D eigenvalue weighted by Gasteiger charge is -2.15. The Morgan fingerprint density at radius 2 is 2.19 bits per heavy atom. The van der Waals surface area contributed by atoms with Gasteiger partial charge < -0.3 is 16.4 Å². The van der Waals surface area contributed by atoms with Gasteiger partial charge in [-0.25, -0.2) is 15.0 Å². The Morgan fingerprint density at radius 3 is 3.00 bits per heavy atom. The van der Waals surface area contributed by atoms with E-state index >= 15 is 0 Å². The summed E-state index contributed by atoms with van der Waals surface area (Å²) in [6.07, 6.45) is 3.83. The molecule has 1 aliphatic heterocycles. The molecule has 0 spiro atoms. The lowest BCUT2D eigenvalue weighted by molar-refractivity contribution is 0.100. The third kappa shape index (κ3) is 3.66. The van der Waals surface area contributed by atoms with Crippen LogP contribution in [-0.2, 0) is 19.5 Å². The highest BCUT2D eigenvalue weighted by Crippen LogP contribution is 2.29. The second-order valence-electron chi connectivity index (χ2n) is 7.56. The van der Waals surface area contributed by atoms with Crippen molar-refractivity contribution in [2.45, 2.75) is 32.9 Å². The molecule has 0 aromatic carbocycles. The van der Waals surface area contributed by atoms with Gasteiger partial charge in [0.15, 0.2) is 5.82 Å².